The molecule has 0 aliphatic heterocycles. The van der Waals surface area contributed by atoms with Crippen molar-refractivity contribution in [2.24, 2.45) is 22.7 Å². The van der Waals surface area contributed by atoms with Crippen molar-refractivity contribution in [2.75, 3.05) is 6.61 Å². The molecule has 0 N–H and O–H groups in total. The van der Waals surface area contributed by atoms with E-state index >= 15 is 4.39 Å². The summed E-state index contributed by atoms with van der Waals surface area (Å²) in [5, 5.41) is 0. The van der Waals surface area contributed by atoms with Gasteiger partial charge >= 0.3 is 5.97 Å². The molecular weight excluding hydrogens is 359 g/mol. The van der Waals surface area contributed by atoms with Gasteiger partial charge in [-0.3, -0.25) is 14.4 Å². The van der Waals surface area contributed by atoms with Crippen LogP contribution in [0.4, 0.5) is 4.39 Å². The van der Waals surface area contributed by atoms with Crippen molar-refractivity contribution in [3.05, 3.63) is 47.1 Å². The third-order valence-electron chi connectivity index (χ3n) is 7.22. The van der Waals surface area contributed by atoms with Crippen molar-refractivity contribution in [1.82, 2.24) is 0 Å². The number of halogens is 1. The van der Waals surface area contributed by atoms with Gasteiger partial charge in [-0.25, -0.2) is 4.39 Å². The molecule has 5 unspecified atom stereocenters. The van der Waals surface area contributed by atoms with Gasteiger partial charge in [-0.05, 0) is 55.7 Å². The first-order valence-electron chi connectivity index (χ1n) is 9.84. The van der Waals surface area contributed by atoms with Gasteiger partial charge in [0.1, 0.15) is 6.17 Å². The van der Waals surface area contributed by atoms with Crippen LogP contribution in [-0.4, -0.2) is 30.3 Å². The fraction of sp³-hybridized carbons (Fsp3) is 0.522. The first-order chi connectivity index (χ1) is 13.2. The monoisotopic (exact) mass is 384 g/mol. The number of carbonyl (C=O) groups is 3. The molecule has 0 heterocycles. The van der Waals surface area contributed by atoms with Gasteiger partial charge in [0.15, 0.2) is 18.2 Å². The molecule has 0 aromatic carbocycles. The highest BCUT2D eigenvalue weighted by molar-refractivity contribution is 6.02. The maximum Gasteiger partial charge on any atom is 0.303 e. The van der Waals surface area contributed by atoms with Crippen molar-refractivity contribution >= 4 is 17.5 Å². The molecular formula is C23H25FO4. The Bertz CT molecular complexity index is 892. The minimum Gasteiger partial charge on any atom is -0.457 e. The molecule has 0 aromatic rings. The summed E-state index contributed by atoms with van der Waals surface area (Å²) in [6.45, 7) is 5.10. The summed E-state index contributed by atoms with van der Waals surface area (Å²) >= 11 is 0. The molecule has 1 fully saturated rings. The fourth-order valence-corrected chi connectivity index (χ4v) is 5.79. The number of rotatable bonds is 3. The van der Waals surface area contributed by atoms with Gasteiger partial charge in [-0.15, -0.1) is 0 Å². The van der Waals surface area contributed by atoms with E-state index in [1.807, 2.05) is 19.1 Å². The number of fused-ring (bicyclic) bond motifs is 5. The Balaban J connectivity index is 1.67. The smallest absolute Gasteiger partial charge is 0.303 e. The van der Waals surface area contributed by atoms with Crippen LogP contribution in [0.1, 0.15) is 40.0 Å². The van der Waals surface area contributed by atoms with E-state index in [0.717, 1.165) is 0 Å². The summed E-state index contributed by atoms with van der Waals surface area (Å²) in [4.78, 5) is 35.5. The number of hydrogen-bond donors (Lipinski definition) is 0. The third kappa shape index (κ3) is 2.66. The SMILES string of the molecule is CC(=O)OCC(=O)C1=CCC2C3CC(F)C4=CC(=O)C=CC4(C)C3=CCC12C. The Hall–Kier alpha value is -2.30. The number of ether oxygens (including phenoxy) is 1. The summed E-state index contributed by atoms with van der Waals surface area (Å²) in [7, 11) is 0. The standard InChI is InChI=1S/C23H25FO4/c1-13(25)28-12-21(27)18-5-4-16-15-11-20(24)19-10-14(26)6-8-23(19,3)17(15)7-9-22(16,18)2/h5-8,10,15-16,20H,4,9,11-12H2,1-3H3. The largest absolute Gasteiger partial charge is 0.457 e. The van der Waals surface area contributed by atoms with E-state index in [1.54, 1.807) is 0 Å². The van der Waals surface area contributed by atoms with Crippen LogP contribution in [0.15, 0.2) is 47.1 Å². The van der Waals surface area contributed by atoms with E-state index in [2.05, 4.69) is 13.0 Å². The predicted octanol–water partition coefficient (Wildman–Crippen LogP) is 3.83. The second kappa shape index (κ2) is 6.36. The van der Waals surface area contributed by atoms with Crippen LogP contribution in [0.2, 0.25) is 0 Å². The molecule has 28 heavy (non-hydrogen) atoms. The maximum absolute atomic E-state index is 15.1. The van der Waals surface area contributed by atoms with Crippen LogP contribution >= 0.6 is 0 Å². The summed E-state index contributed by atoms with van der Waals surface area (Å²) in [6, 6.07) is 0. The zero-order valence-corrected chi connectivity index (χ0v) is 16.5. The first-order valence-corrected chi connectivity index (χ1v) is 9.84. The number of ketones is 2. The van der Waals surface area contributed by atoms with Gasteiger partial charge < -0.3 is 4.74 Å². The molecule has 4 nitrogen and oxygen atoms in total. The van der Waals surface area contributed by atoms with Crippen molar-refractivity contribution < 1.29 is 23.5 Å². The molecule has 0 bridgehead atoms. The highest BCUT2D eigenvalue weighted by Gasteiger charge is 2.56. The molecule has 0 saturated heterocycles. The van der Waals surface area contributed by atoms with Gasteiger partial charge in [0.2, 0.25) is 0 Å². The van der Waals surface area contributed by atoms with Gasteiger partial charge in [0.05, 0.1) is 0 Å². The topological polar surface area (TPSA) is 60.4 Å². The van der Waals surface area contributed by atoms with Crippen molar-refractivity contribution in [2.45, 2.75) is 46.2 Å². The molecule has 0 amide bonds. The van der Waals surface area contributed by atoms with E-state index in [1.165, 1.54) is 24.6 Å². The summed E-state index contributed by atoms with van der Waals surface area (Å²) in [6.07, 6.45) is 9.51. The minimum absolute atomic E-state index is 0.0176. The second-order valence-corrected chi connectivity index (χ2v) is 8.79. The van der Waals surface area contributed by atoms with Crippen molar-refractivity contribution in [3.8, 4) is 0 Å². The van der Waals surface area contributed by atoms with Gasteiger partial charge in [0, 0.05) is 23.3 Å². The normalized spacial score (nSPS) is 38.5. The molecule has 0 spiro atoms. The van der Waals surface area contributed by atoms with Crippen LogP contribution in [0.3, 0.4) is 0 Å². The molecule has 4 aliphatic carbocycles. The molecule has 5 atom stereocenters. The van der Waals surface area contributed by atoms with E-state index in [9.17, 15) is 14.4 Å². The van der Waals surface area contributed by atoms with Gasteiger partial charge in [-0.1, -0.05) is 30.7 Å². The van der Waals surface area contributed by atoms with Crippen molar-refractivity contribution in [1.29, 1.82) is 0 Å². The Labute approximate surface area is 164 Å². The minimum atomic E-state index is -1.16. The summed E-state index contributed by atoms with van der Waals surface area (Å²) < 4.78 is 20.0. The van der Waals surface area contributed by atoms with Gasteiger partial charge in [0.25, 0.3) is 0 Å². The molecule has 4 aliphatic rings. The molecule has 5 heteroatoms. The second-order valence-electron chi connectivity index (χ2n) is 8.79. The Morgan fingerprint density at radius 2 is 2.00 bits per heavy atom. The van der Waals surface area contributed by atoms with E-state index in [4.69, 9.17) is 4.74 Å². The Kier molecular flexibility index (Phi) is 4.32. The summed E-state index contributed by atoms with van der Waals surface area (Å²) in [5.41, 5.74) is 1.48. The molecule has 4 rings (SSSR count). The van der Waals surface area contributed by atoms with E-state index < -0.39 is 17.6 Å². The average molecular weight is 384 g/mol. The third-order valence-corrected chi connectivity index (χ3v) is 7.22. The van der Waals surface area contributed by atoms with Crippen molar-refractivity contribution in [3.63, 3.8) is 0 Å². The Morgan fingerprint density at radius 3 is 2.71 bits per heavy atom. The number of alkyl halides is 1. The highest BCUT2D eigenvalue weighted by Crippen LogP contribution is 2.62. The van der Waals surface area contributed by atoms with Crippen LogP contribution in [0.25, 0.3) is 0 Å². The van der Waals surface area contributed by atoms with Gasteiger partial charge in [-0.2, -0.15) is 0 Å². The van der Waals surface area contributed by atoms with Crippen LogP contribution in [-0.2, 0) is 19.1 Å². The van der Waals surface area contributed by atoms with E-state index in [-0.39, 0.29) is 35.4 Å². The van der Waals surface area contributed by atoms with E-state index in [0.29, 0.717) is 30.4 Å². The number of Topliss-reactive ketones (excluding diaryl/α,β-unsaturated/α-hetero) is 1. The predicted molar refractivity (Wildman–Crippen MR) is 102 cm³/mol. The average Bonchev–Trinajstić information content (AvgIpc) is 2.99. The number of allylic oxidation sites excluding steroid dienone is 7. The molecule has 1 saturated carbocycles. The lowest BCUT2D eigenvalue weighted by Crippen LogP contribution is -2.46. The number of esters is 1. The zero-order chi connectivity index (χ0) is 20.3. The lowest BCUT2D eigenvalue weighted by molar-refractivity contribution is -0.145. The molecule has 148 valence electrons. The Morgan fingerprint density at radius 1 is 1.25 bits per heavy atom. The number of hydrogen-bond acceptors (Lipinski definition) is 4. The lowest BCUT2D eigenvalue weighted by atomic mass is 9.52. The maximum atomic E-state index is 15.1. The number of carbonyl (C=O) groups excluding carboxylic acids is 3. The highest BCUT2D eigenvalue weighted by atomic mass is 19.1. The van der Waals surface area contributed by atoms with Crippen LogP contribution in [0, 0.1) is 22.7 Å². The fourth-order valence-electron chi connectivity index (χ4n) is 5.79. The van der Waals surface area contributed by atoms with Crippen LogP contribution in [0.5, 0.6) is 0 Å². The molecule has 0 radical (unpaired) electrons. The first kappa shape index (κ1) is 19.0. The lowest BCUT2D eigenvalue weighted by Gasteiger charge is -2.52. The quantitative estimate of drug-likeness (QED) is 0.548. The summed E-state index contributed by atoms with van der Waals surface area (Å²) in [5.74, 6) is -0.649. The van der Waals surface area contributed by atoms with Crippen LogP contribution < -0.4 is 0 Å². The zero-order valence-electron chi connectivity index (χ0n) is 16.5. The molecule has 0 aromatic heterocycles.